The second kappa shape index (κ2) is 11.2. The van der Waals surface area contributed by atoms with Crippen molar-refractivity contribution in [1.82, 2.24) is 4.98 Å². The number of aromatic nitrogens is 1. The van der Waals surface area contributed by atoms with Crippen LogP contribution in [0.1, 0.15) is 58.2 Å². The largest absolute Gasteiger partial charge is 0.264 e. The number of hydrogen-bond donors (Lipinski definition) is 0. The van der Waals surface area contributed by atoms with Gasteiger partial charge in [0.25, 0.3) is 0 Å². The van der Waals surface area contributed by atoms with E-state index in [1.165, 1.54) is 16.7 Å². The van der Waals surface area contributed by atoms with Crippen LogP contribution >= 0.6 is 0 Å². The molecule has 0 aliphatic heterocycles. The van der Waals surface area contributed by atoms with Crippen LogP contribution in [0.4, 0.5) is 0 Å². The van der Waals surface area contributed by atoms with Crippen molar-refractivity contribution in [3.05, 3.63) is 29.1 Å². The molecular weight excluding hydrogens is 182 g/mol. The van der Waals surface area contributed by atoms with E-state index in [1.807, 2.05) is 40.1 Å². The SMILES string of the molecule is CC.CC.CCc1cncc(C)c1CC. The van der Waals surface area contributed by atoms with Gasteiger partial charge in [0.05, 0.1) is 0 Å². The Hall–Kier alpha value is -0.850. The molecule has 1 rings (SSSR count). The summed E-state index contributed by atoms with van der Waals surface area (Å²) in [5.41, 5.74) is 4.20. The van der Waals surface area contributed by atoms with Crippen LogP contribution in [0.15, 0.2) is 12.4 Å². The lowest BCUT2D eigenvalue weighted by atomic mass is 10.0. The molecule has 0 fully saturated rings. The van der Waals surface area contributed by atoms with Crippen LogP contribution in [0.25, 0.3) is 0 Å². The second-order valence-electron chi connectivity index (χ2n) is 2.80. The summed E-state index contributed by atoms with van der Waals surface area (Å²) < 4.78 is 0. The van der Waals surface area contributed by atoms with Crippen LogP contribution in [0, 0.1) is 6.92 Å². The van der Waals surface area contributed by atoms with Gasteiger partial charge in [-0.2, -0.15) is 0 Å². The lowest BCUT2D eigenvalue weighted by Crippen LogP contribution is -1.95. The van der Waals surface area contributed by atoms with E-state index < -0.39 is 0 Å². The molecule has 88 valence electrons. The van der Waals surface area contributed by atoms with Crippen LogP contribution in [-0.2, 0) is 12.8 Å². The van der Waals surface area contributed by atoms with Gasteiger partial charge in [-0.25, -0.2) is 0 Å². The highest BCUT2D eigenvalue weighted by atomic mass is 14.6. The molecule has 1 aromatic heterocycles. The van der Waals surface area contributed by atoms with E-state index in [1.54, 1.807) is 0 Å². The lowest BCUT2D eigenvalue weighted by Gasteiger charge is -2.06. The highest BCUT2D eigenvalue weighted by Crippen LogP contribution is 2.13. The van der Waals surface area contributed by atoms with Crippen LogP contribution in [0.3, 0.4) is 0 Å². The quantitative estimate of drug-likeness (QED) is 0.695. The maximum Gasteiger partial charge on any atom is 0.0302 e. The highest BCUT2D eigenvalue weighted by Gasteiger charge is 2.00. The fraction of sp³-hybridized carbons (Fsp3) is 0.643. The average molecular weight is 209 g/mol. The number of pyridine rings is 1. The molecule has 0 saturated heterocycles. The Bertz CT molecular complexity index is 241. The van der Waals surface area contributed by atoms with Crippen molar-refractivity contribution in [2.45, 2.75) is 61.3 Å². The van der Waals surface area contributed by atoms with Crippen LogP contribution in [0.2, 0.25) is 0 Å². The molecular formula is C14H27N. The van der Waals surface area contributed by atoms with E-state index >= 15 is 0 Å². The Kier molecular flexibility index (Phi) is 12.4. The van der Waals surface area contributed by atoms with E-state index in [4.69, 9.17) is 0 Å². The first-order chi connectivity index (χ1) is 7.29. The van der Waals surface area contributed by atoms with Crippen molar-refractivity contribution in [2.75, 3.05) is 0 Å². The summed E-state index contributed by atoms with van der Waals surface area (Å²) in [5.74, 6) is 0. The molecule has 1 aromatic rings. The van der Waals surface area contributed by atoms with Gasteiger partial charge in [-0.05, 0) is 36.5 Å². The third-order valence-electron chi connectivity index (χ3n) is 2.10. The van der Waals surface area contributed by atoms with E-state index in [0.29, 0.717) is 0 Å². The van der Waals surface area contributed by atoms with Gasteiger partial charge in [-0.1, -0.05) is 41.5 Å². The molecule has 0 radical (unpaired) electrons. The number of hydrogen-bond acceptors (Lipinski definition) is 1. The Morgan fingerprint density at radius 3 is 1.80 bits per heavy atom. The van der Waals surface area contributed by atoms with Crippen molar-refractivity contribution < 1.29 is 0 Å². The Morgan fingerprint density at radius 1 is 0.933 bits per heavy atom. The zero-order valence-electron chi connectivity index (χ0n) is 11.5. The normalized spacial score (nSPS) is 8.20. The zero-order chi connectivity index (χ0) is 12.3. The summed E-state index contributed by atoms with van der Waals surface area (Å²) >= 11 is 0. The number of rotatable bonds is 2. The molecule has 0 saturated carbocycles. The molecule has 0 atom stereocenters. The molecule has 0 amide bonds. The van der Waals surface area contributed by atoms with Crippen molar-refractivity contribution in [3.63, 3.8) is 0 Å². The molecule has 0 unspecified atom stereocenters. The minimum atomic E-state index is 1.10. The molecule has 0 N–H and O–H groups in total. The van der Waals surface area contributed by atoms with Crippen LogP contribution < -0.4 is 0 Å². The van der Waals surface area contributed by atoms with Crippen molar-refractivity contribution in [2.24, 2.45) is 0 Å². The second-order valence-corrected chi connectivity index (χ2v) is 2.80. The minimum Gasteiger partial charge on any atom is -0.264 e. The molecule has 1 heteroatoms. The van der Waals surface area contributed by atoms with Gasteiger partial charge < -0.3 is 0 Å². The predicted octanol–water partition coefficient (Wildman–Crippen LogP) is 4.57. The fourth-order valence-corrected chi connectivity index (χ4v) is 1.46. The Morgan fingerprint density at radius 2 is 1.47 bits per heavy atom. The monoisotopic (exact) mass is 209 g/mol. The molecule has 0 spiro atoms. The topological polar surface area (TPSA) is 12.9 Å². The van der Waals surface area contributed by atoms with Gasteiger partial charge in [-0.15, -0.1) is 0 Å². The van der Waals surface area contributed by atoms with Crippen molar-refractivity contribution in [3.8, 4) is 0 Å². The number of nitrogens with zero attached hydrogens (tertiary/aromatic N) is 1. The Labute approximate surface area is 95.9 Å². The van der Waals surface area contributed by atoms with Gasteiger partial charge >= 0.3 is 0 Å². The standard InChI is InChI=1S/C10H15N.2C2H6/c1-4-9-7-11-6-8(3)10(9)5-2;2*1-2/h6-7H,4-5H2,1-3H3;2*1-2H3. The van der Waals surface area contributed by atoms with E-state index in [2.05, 4.69) is 25.8 Å². The average Bonchev–Trinajstić information content (AvgIpc) is 2.33. The fourth-order valence-electron chi connectivity index (χ4n) is 1.46. The minimum absolute atomic E-state index is 1.10. The van der Waals surface area contributed by atoms with Gasteiger partial charge in [0.2, 0.25) is 0 Å². The van der Waals surface area contributed by atoms with E-state index in [-0.39, 0.29) is 0 Å². The third-order valence-corrected chi connectivity index (χ3v) is 2.10. The first-order valence-electron chi connectivity index (χ1n) is 6.22. The maximum absolute atomic E-state index is 4.16. The zero-order valence-corrected chi connectivity index (χ0v) is 11.5. The summed E-state index contributed by atoms with van der Waals surface area (Å²) in [6.07, 6.45) is 6.14. The lowest BCUT2D eigenvalue weighted by molar-refractivity contribution is 0.990. The molecule has 0 aliphatic rings. The van der Waals surface area contributed by atoms with Crippen LogP contribution in [0.5, 0.6) is 0 Å². The summed E-state index contributed by atoms with van der Waals surface area (Å²) in [6, 6.07) is 0. The van der Waals surface area contributed by atoms with Crippen molar-refractivity contribution >= 4 is 0 Å². The molecule has 0 bridgehead atoms. The summed E-state index contributed by atoms with van der Waals surface area (Å²) in [4.78, 5) is 4.16. The molecule has 15 heavy (non-hydrogen) atoms. The molecule has 1 nitrogen and oxygen atoms in total. The first-order valence-corrected chi connectivity index (χ1v) is 6.22. The first kappa shape index (κ1) is 16.6. The van der Waals surface area contributed by atoms with E-state index in [9.17, 15) is 0 Å². The van der Waals surface area contributed by atoms with Gasteiger partial charge in [0.1, 0.15) is 0 Å². The highest BCUT2D eigenvalue weighted by molar-refractivity contribution is 5.30. The third kappa shape index (κ3) is 5.56. The number of aryl methyl sites for hydroxylation is 2. The molecule has 1 heterocycles. The summed E-state index contributed by atoms with van der Waals surface area (Å²) in [5, 5.41) is 0. The predicted molar refractivity (Wildman–Crippen MR) is 70.4 cm³/mol. The van der Waals surface area contributed by atoms with Crippen molar-refractivity contribution in [1.29, 1.82) is 0 Å². The molecule has 0 aliphatic carbocycles. The molecule has 0 aromatic carbocycles. The summed E-state index contributed by atoms with van der Waals surface area (Å²) in [6.45, 7) is 14.5. The van der Waals surface area contributed by atoms with Crippen LogP contribution in [-0.4, -0.2) is 4.98 Å². The van der Waals surface area contributed by atoms with Gasteiger partial charge in [-0.3, -0.25) is 4.98 Å². The Balaban J connectivity index is 0. The van der Waals surface area contributed by atoms with Gasteiger partial charge in [0.15, 0.2) is 0 Å². The smallest absolute Gasteiger partial charge is 0.0302 e. The maximum atomic E-state index is 4.16. The van der Waals surface area contributed by atoms with Gasteiger partial charge in [0, 0.05) is 12.4 Å². The van der Waals surface area contributed by atoms with E-state index in [0.717, 1.165) is 12.8 Å². The summed E-state index contributed by atoms with van der Waals surface area (Å²) in [7, 11) is 0.